The van der Waals surface area contributed by atoms with Crippen molar-refractivity contribution in [2.45, 2.75) is 38.7 Å². The summed E-state index contributed by atoms with van der Waals surface area (Å²) >= 11 is 0. The highest BCUT2D eigenvalue weighted by atomic mass is 28.4. The molecule has 2 aliphatic rings. The molecule has 0 aromatic carbocycles. The van der Waals surface area contributed by atoms with E-state index in [4.69, 9.17) is 0 Å². The summed E-state index contributed by atoms with van der Waals surface area (Å²) in [5.74, 6) is 0. The first-order valence-electron chi connectivity index (χ1n) is 5.59. The highest BCUT2D eigenvalue weighted by molar-refractivity contribution is 7.01. The summed E-state index contributed by atoms with van der Waals surface area (Å²) in [5, 5.41) is 1.79. The Bertz CT molecular complexity index is 315. The smallest absolute Gasteiger partial charge is 0.143 e. The van der Waals surface area contributed by atoms with E-state index in [0.717, 1.165) is 5.54 Å². The van der Waals surface area contributed by atoms with Crippen molar-refractivity contribution in [3.63, 3.8) is 0 Å². The van der Waals surface area contributed by atoms with Gasteiger partial charge in [-0.2, -0.15) is 0 Å². The first kappa shape index (κ1) is 10.4. The number of nitrogens with zero attached hydrogens (tertiary/aromatic N) is 1. The maximum atomic E-state index is 2.89. The monoisotopic (exact) mass is 223 g/mol. The lowest BCUT2D eigenvalue weighted by atomic mass is 10.5. The minimum atomic E-state index is -1.24. The zero-order chi connectivity index (χ0) is 10.6. The van der Waals surface area contributed by atoms with Gasteiger partial charge in [0.2, 0.25) is 0 Å². The van der Waals surface area contributed by atoms with Crippen molar-refractivity contribution in [1.82, 2.24) is 4.23 Å². The molecule has 0 aromatic heterocycles. The van der Waals surface area contributed by atoms with Gasteiger partial charge < -0.3 is 4.23 Å². The molecular weight excluding hydrogens is 202 g/mol. The van der Waals surface area contributed by atoms with E-state index in [2.05, 4.69) is 55.6 Å². The van der Waals surface area contributed by atoms with Crippen LogP contribution in [0.25, 0.3) is 0 Å². The van der Waals surface area contributed by atoms with E-state index >= 15 is 0 Å². The molecule has 3 heteroatoms. The second-order valence-electron chi connectivity index (χ2n) is 5.44. The minimum absolute atomic E-state index is 0.823. The molecule has 1 nitrogen and oxygen atoms in total. The number of hydrogen-bond donors (Lipinski definition) is 0. The minimum Gasteiger partial charge on any atom is -0.342 e. The summed E-state index contributed by atoms with van der Waals surface area (Å²) in [6.45, 7) is 13.7. The van der Waals surface area contributed by atoms with Gasteiger partial charge in [0.25, 0.3) is 0 Å². The lowest BCUT2D eigenvalue weighted by molar-refractivity contribution is 0.662. The van der Waals surface area contributed by atoms with Gasteiger partial charge in [0.1, 0.15) is 16.5 Å². The van der Waals surface area contributed by atoms with Crippen molar-refractivity contribution in [2.24, 2.45) is 0 Å². The summed E-state index contributed by atoms with van der Waals surface area (Å²) in [4.78, 5) is 0. The Morgan fingerprint density at radius 3 is 2.43 bits per heavy atom. The molecule has 0 spiro atoms. The normalized spacial score (nSPS) is 33.2. The SMILES string of the molecule is CCN1[Si](C)(C)C2=CC=CC2[Si]1(C)C. The summed E-state index contributed by atoms with van der Waals surface area (Å²) in [6, 6.07) is 0. The Labute approximate surface area is 89.7 Å². The lowest BCUT2D eigenvalue weighted by Gasteiger charge is -2.38. The second kappa shape index (κ2) is 2.93. The summed E-state index contributed by atoms with van der Waals surface area (Å²) < 4.78 is 2.89. The highest BCUT2D eigenvalue weighted by Crippen LogP contribution is 2.50. The van der Waals surface area contributed by atoms with Crippen LogP contribution in [0.5, 0.6) is 0 Å². The molecule has 1 aliphatic heterocycles. The van der Waals surface area contributed by atoms with Gasteiger partial charge in [-0.1, -0.05) is 56.5 Å². The van der Waals surface area contributed by atoms with Crippen molar-refractivity contribution in [2.75, 3.05) is 6.54 Å². The van der Waals surface area contributed by atoms with E-state index in [1.807, 2.05) is 0 Å². The lowest BCUT2D eigenvalue weighted by Crippen LogP contribution is -2.55. The van der Waals surface area contributed by atoms with Gasteiger partial charge >= 0.3 is 0 Å². The van der Waals surface area contributed by atoms with Crippen molar-refractivity contribution >= 4 is 16.5 Å². The standard InChI is InChI=1S/C11H21NSi2/c1-6-12-13(2,3)10-8-7-9-11(10)14(12,4)5/h7-10H,6H2,1-5H3. The first-order chi connectivity index (χ1) is 6.42. The van der Waals surface area contributed by atoms with Gasteiger partial charge in [-0.15, -0.1) is 0 Å². The second-order valence-corrected chi connectivity index (χ2v) is 14.6. The molecule has 1 atom stereocenters. The largest absolute Gasteiger partial charge is 0.342 e. The molecule has 0 saturated carbocycles. The average Bonchev–Trinajstić information content (AvgIpc) is 2.55. The fraction of sp³-hybridized carbons (Fsp3) is 0.636. The maximum Gasteiger partial charge on any atom is 0.143 e. The van der Waals surface area contributed by atoms with Crippen molar-refractivity contribution in [3.8, 4) is 0 Å². The molecule has 14 heavy (non-hydrogen) atoms. The zero-order valence-electron chi connectivity index (χ0n) is 9.96. The fourth-order valence-electron chi connectivity index (χ4n) is 3.53. The van der Waals surface area contributed by atoms with Crippen molar-refractivity contribution < 1.29 is 0 Å². The molecular formula is C11H21NSi2. The number of rotatable bonds is 1. The zero-order valence-corrected chi connectivity index (χ0v) is 12.0. The fourth-order valence-corrected chi connectivity index (χ4v) is 17.3. The molecule has 0 amide bonds. The molecule has 1 unspecified atom stereocenters. The average molecular weight is 223 g/mol. The predicted molar refractivity (Wildman–Crippen MR) is 68.3 cm³/mol. The highest BCUT2D eigenvalue weighted by Gasteiger charge is 2.56. The molecule has 78 valence electrons. The van der Waals surface area contributed by atoms with Crippen LogP contribution in [0.3, 0.4) is 0 Å². The number of allylic oxidation sites excluding steroid dienone is 4. The van der Waals surface area contributed by atoms with Crippen LogP contribution in [0, 0.1) is 0 Å². The van der Waals surface area contributed by atoms with E-state index in [1.54, 1.807) is 5.20 Å². The Hall–Kier alpha value is -0.126. The van der Waals surface area contributed by atoms with Crippen LogP contribution in [-0.2, 0) is 0 Å². The third kappa shape index (κ3) is 1.09. The van der Waals surface area contributed by atoms with Gasteiger partial charge in [-0.25, -0.2) is 0 Å². The Morgan fingerprint density at radius 1 is 1.29 bits per heavy atom. The summed E-state index contributed by atoms with van der Waals surface area (Å²) in [5.41, 5.74) is 0.823. The molecule has 0 bridgehead atoms. The van der Waals surface area contributed by atoms with Crippen LogP contribution in [-0.4, -0.2) is 27.2 Å². The summed E-state index contributed by atoms with van der Waals surface area (Å²) in [7, 11) is -2.44. The molecule has 1 saturated heterocycles. The molecule has 1 fully saturated rings. The van der Waals surface area contributed by atoms with Gasteiger partial charge in [0, 0.05) is 5.54 Å². The third-order valence-electron chi connectivity index (χ3n) is 4.07. The first-order valence-corrected chi connectivity index (χ1v) is 11.6. The van der Waals surface area contributed by atoms with E-state index in [9.17, 15) is 0 Å². The topological polar surface area (TPSA) is 3.24 Å². The van der Waals surface area contributed by atoms with Crippen LogP contribution in [0.1, 0.15) is 6.92 Å². The van der Waals surface area contributed by atoms with E-state index in [1.165, 1.54) is 6.54 Å². The summed E-state index contributed by atoms with van der Waals surface area (Å²) in [6.07, 6.45) is 7.14. The Balaban J connectivity index is 2.49. The van der Waals surface area contributed by atoms with Crippen LogP contribution >= 0.6 is 0 Å². The van der Waals surface area contributed by atoms with Crippen LogP contribution in [0.4, 0.5) is 0 Å². The van der Waals surface area contributed by atoms with Gasteiger partial charge in [-0.05, 0) is 6.54 Å². The molecule has 1 aliphatic carbocycles. The van der Waals surface area contributed by atoms with Gasteiger partial charge in [0.15, 0.2) is 0 Å². The maximum absolute atomic E-state index is 2.89. The molecule has 0 N–H and O–H groups in total. The predicted octanol–water partition coefficient (Wildman–Crippen LogP) is 3.14. The quantitative estimate of drug-likeness (QED) is 0.617. The third-order valence-corrected chi connectivity index (χ3v) is 15.1. The molecule has 0 aromatic rings. The molecule has 0 radical (unpaired) electrons. The number of fused-ring (bicyclic) bond motifs is 1. The van der Waals surface area contributed by atoms with Gasteiger partial charge in [0.05, 0.1) is 0 Å². The van der Waals surface area contributed by atoms with Gasteiger partial charge in [-0.3, -0.25) is 0 Å². The van der Waals surface area contributed by atoms with Crippen LogP contribution in [0.15, 0.2) is 23.4 Å². The Morgan fingerprint density at radius 2 is 1.93 bits per heavy atom. The molecule has 1 heterocycles. The van der Waals surface area contributed by atoms with Crippen molar-refractivity contribution in [1.29, 1.82) is 0 Å². The van der Waals surface area contributed by atoms with Crippen LogP contribution in [0.2, 0.25) is 31.7 Å². The van der Waals surface area contributed by atoms with E-state index < -0.39 is 16.5 Å². The molecule has 2 rings (SSSR count). The van der Waals surface area contributed by atoms with E-state index in [-0.39, 0.29) is 0 Å². The Kier molecular flexibility index (Phi) is 2.18. The van der Waals surface area contributed by atoms with Crippen LogP contribution < -0.4 is 0 Å². The van der Waals surface area contributed by atoms with Crippen molar-refractivity contribution in [3.05, 3.63) is 23.4 Å². The van der Waals surface area contributed by atoms with E-state index in [0.29, 0.717) is 0 Å². The number of hydrogen-bond acceptors (Lipinski definition) is 1.